The second kappa shape index (κ2) is 11.9. The fraction of sp³-hybridized carbons (Fsp3) is 0.241. The minimum absolute atomic E-state index is 0.0828. The van der Waals surface area contributed by atoms with Crippen molar-refractivity contribution in [1.29, 1.82) is 0 Å². The Hall–Kier alpha value is -4.06. The molecule has 2 amide bonds. The van der Waals surface area contributed by atoms with Crippen molar-refractivity contribution in [1.82, 2.24) is 5.32 Å². The number of ether oxygens (including phenoxy) is 1. The number of nitrogens with zero attached hydrogens (tertiary/aromatic N) is 1. The molecule has 0 radical (unpaired) electrons. The van der Waals surface area contributed by atoms with Gasteiger partial charge >= 0.3 is 6.03 Å². The van der Waals surface area contributed by atoms with Crippen LogP contribution in [0.3, 0.4) is 0 Å². The molecular formula is C29H31N3O3. The van der Waals surface area contributed by atoms with E-state index in [4.69, 9.17) is 4.74 Å². The van der Waals surface area contributed by atoms with Crippen molar-refractivity contribution in [3.05, 3.63) is 95.6 Å². The van der Waals surface area contributed by atoms with Gasteiger partial charge in [-0.2, -0.15) is 0 Å². The molecule has 180 valence electrons. The summed E-state index contributed by atoms with van der Waals surface area (Å²) in [4.78, 5) is 27.2. The Balaban J connectivity index is 1.26. The third-order valence-corrected chi connectivity index (χ3v) is 6.08. The number of benzene rings is 3. The molecule has 1 fully saturated rings. The normalized spacial score (nSPS) is 13.5. The van der Waals surface area contributed by atoms with E-state index in [1.165, 1.54) is 24.9 Å². The maximum Gasteiger partial charge on any atom is 0.319 e. The van der Waals surface area contributed by atoms with E-state index in [9.17, 15) is 9.59 Å². The summed E-state index contributed by atoms with van der Waals surface area (Å²) in [6.07, 6.45) is 7.23. The first-order valence-corrected chi connectivity index (χ1v) is 12.0. The van der Waals surface area contributed by atoms with E-state index >= 15 is 0 Å². The van der Waals surface area contributed by atoms with Crippen LogP contribution in [-0.4, -0.2) is 32.0 Å². The van der Waals surface area contributed by atoms with Gasteiger partial charge in [0.2, 0.25) is 0 Å². The third kappa shape index (κ3) is 6.96. The number of nitrogens with one attached hydrogen (secondary N) is 2. The zero-order valence-electron chi connectivity index (χ0n) is 20.0. The van der Waals surface area contributed by atoms with E-state index in [1.807, 2.05) is 42.5 Å². The van der Waals surface area contributed by atoms with Gasteiger partial charge in [0.25, 0.3) is 0 Å². The highest BCUT2D eigenvalue weighted by Crippen LogP contribution is 2.21. The summed E-state index contributed by atoms with van der Waals surface area (Å²) < 4.78 is 5.13. The summed E-state index contributed by atoms with van der Waals surface area (Å²) in [5.74, 6) is 0.689. The second-order valence-electron chi connectivity index (χ2n) is 8.57. The molecule has 1 aliphatic heterocycles. The molecule has 2 N–H and O–H groups in total. The van der Waals surface area contributed by atoms with Crippen LogP contribution in [0.2, 0.25) is 0 Å². The van der Waals surface area contributed by atoms with Gasteiger partial charge in [0, 0.05) is 36.6 Å². The summed E-state index contributed by atoms with van der Waals surface area (Å²) in [5, 5.41) is 5.60. The average molecular weight is 470 g/mol. The highest BCUT2D eigenvalue weighted by molar-refractivity contribution is 6.07. The molecule has 0 aliphatic carbocycles. The number of piperidine rings is 1. The Morgan fingerprint density at radius 3 is 2.23 bits per heavy atom. The molecule has 1 heterocycles. The quantitative estimate of drug-likeness (QED) is 0.318. The molecular weight excluding hydrogens is 438 g/mol. The molecule has 0 saturated carbocycles. The molecule has 4 rings (SSSR count). The fourth-order valence-electron chi connectivity index (χ4n) is 4.04. The van der Waals surface area contributed by atoms with Gasteiger partial charge in [-0.15, -0.1) is 0 Å². The fourth-order valence-corrected chi connectivity index (χ4v) is 4.04. The topological polar surface area (TPSA) is 70.7 Å². The molecule has 0 aromatic heterocycles. The van der Waals surface area contributed by atoms with Crippen LogP contribution in [0.4, 0.5) is 16.2 Å². The number of methoxy groups -OCH3 is 1. The number of ketones is 1. The molecule has 0 atom stereocenters. The number of hydrogen-bond donors (Lipinski definition) is 2. The lowest BCUT2D eigenvalue weighted by molar-refractivity contribution is 0.104. The van der Waals surface area contributed by atoms with Gasteiger partial charge in [0.1, 0.15) is 5.75 Å². The number of carbonyl (C=O) groups excluding carboxylic acids is 2. The molecule has 0 spiro atoms. The Bertz CT molecular complexity index is 1150. The molecule has 0 bridgehead atoms. The van der Waals surface area contributed by atoms with Crippen LogP contribution in [0.5, 0.6) is 5.75 Å². The number of hydrogen-bond acceptors (Lipinski definition) is 4. The lowest BCUT2D eigenvalue weighted by atomic mass is 10.1. The van der Waals surface area contributed by atoms with Crippen molar-refractivity contribution in [2.24, 2.45) is 0 Å². The molecule has 35 heavy (non-hydrogen) atoms. The van der Waals surface area contributed by atoms with Crippen LogP contribution in [0.25, 0.3) is 6.08 Å². The van der Waals surface area contributed by atoms with Crippen molar-refractivity contribution in [3.63, 3.8) is 0 Å². The predicted molar refractivity (Wildman–Crippen MR) is 141 cm³/mol. The van der Waals surface area contributed by atoms with Crippen LogP contribution in [0.1, 0.15) is 40.7 Å². The van der Waals surface area contributed by atoms with Crippen molar-refractivity contribution < 1.29 is 14.3 Å². The summed E-state index contributed by atoms with van der Waals surface area (Å²) in [5.41, 5.74) is 4.38. The minimum Gasteiger partial charge on any atom is -0.497 e. The number of carbonyl (C=O) groups is 2. The van der Waals surface area contributed by atoms with Crippen molar-refractivity contribution in [3.8, 4) is 5.75 Å². The first-order chi connectivity index (χ1) is 17.1. The Morgan fingerprint density at radius 2 is 1.57 bits per heavy atom. The summed E-state index contributed by atoms with van der Waals surface area (Å²) in [6, 6.07) is 22.4. The van der Waals surface area contributed by atoms with Crippen molar-refractivity contribution in [2.45, 2.75) is 25.8 Å². The second-order valence-corrected chi connectivity index (χ2v) is 8.57. The van der Waals surface area contributed by atoms with Gasteiger partial charge in [-0.3, -0.25) is 4.79 Å². The van der Waals surface area contributed by atoms with Crippen molar-refractivity contribution >= 4 is 29.3 Å². The van der Waals surface area contributed by atoms with Gasteiger partial charge in [-0.05, 0) is 85.0 Å². The maximum absolute atomic E-state index is 12.6. The molecule has 0 unspecified atom stereocenters. The lowest BCUT2D eigenvalue weighted by Gasteiger charge is -2.28. The number of urea groups is 1. The standard InChI is InChI=1S/C29H31N3O3/c1-35-27-16-7-23(8-17-27)21-30-29(34)31-25-12-10-24(11-13-25)28(33)18-9-22-5-14-26(15-6-22)32-19-3-2-4-20-32/h5-18H,2-4,19-21H2,1H3,(H2,30,31,34)/b18-9+. The third-order valence-electron chi connectivity index (χ3n) is 6.08. The Morgan fingerprint density at radius 1 is 0.886 bits per heavy atom. The minimum atomic E-state index is -0.312. The molecule has 3 aromatic rings. The smallest absolute Gasteiger partial charge is 0.319 e. The highest BCUT2D eigenvalue weighted by Gasteiger charge is 2.10. The van der Waals surface area contributed by atoms with E-state index in [0.717, 1.165) is 30.0 Å². The van der Waals surface area contributed by atoms with Crippen LogP contribution in [-0.2, 0) is 6.54 Å². The zero-order chi connectivity index (χ0) is 24.5. The van der Waals surface area contributed by atoms with E-state index < -0.39 is 0 Å². The summed E-state index contributed by atoms with van der Waals surface area (Å²) in [7, 11) is 1.62. The maximum atomic E-state index is 12.6. The number of allylic oxidation sites excluding steroid dienone is 1. The Labute approximate surface area is 206 Å². The average Bonchev–Trinajstić information content (AvgIpc) is 2.92. The van der Waals surface area contributed by atoms with E-state index in [-0.39, 0.29) is 11.8 Å². The molecule has 6 heteroatoms. The first-order valence-electron chi connectivity index (χ1n) is 12.0. The molecule has 3 aromatic carbocycles. The highest BCUT2D eigenvalue weighted by atomic mass is 16.5. The van der Waals surface area contributed by atoms with Crippen LogP contribution >= 0.6 is 0 Å². The molecule has 6 nitrogen and oxygen atoms in total. The van der Waals surface area contributed by atoms with Gasteiger partial charge in [0.05, 0.1) is 7.11 Å². The van der Waals surface area contributed by atoms with Crippen LogP contribution in [0, 0.1) is 0 Å². The van der Waals surface area contributed by atoms with Gasteiger partial charge in [-0.1, -0.05) is 30.3 Å². The van der Waals surface area contributed by atoms with E-state index in [0.29, 0.717) is 17.8 Å². The first kappa shape index (κ1) is 24.1. The van der Waals surface area contributed by atoms with Crippen LogP contribution < -0.4 is 20.3 Å². The predicted octanol–water partition coefficient (Wildman–Crippen LogP) is 5.90. The summed E-state index contributed by atoms with van der Waals surface area (Å²) >= 11 is 0. The van der Waals surface area contributed by atoms with Gasteiger partial charge < -0.3 is 20.3 Å². The van der Waals surface area contributed by atoms with E-state index in [1.54, 1.807) is 37.5 Å². The SMILES string of the molecule is COc1ccc(CNC(=O)Nc2ccc(C(=O)/C=C/c3ccc(N4CCCCC4)cc3)cc2)cc1. The van der Waals surface area contributed by atoms with E-state index in [2.05, 4.69) is 27.7 Å². The number of anilines is 2. The van der Waals surface area contributed by atoms with Crippen molar-refractivity contribution in [2.75, 3.05) is 30.4 Å². The zero-order valence-corrected chi connectivity index (χ0v) is 20.0. The van der Waals surface area contributed by atoms with Gasteiger partial charge in [-0.25, -0.2) is 4.79 Å². The molecule has 1 aliphatic rings. The largest absolute Gasteiger partial charge is 0.497 e. The summed E-state index contributed by atoms with van der Waals surface area (Å²) in [6.45, 7) is 2.63. The molecule has 1 saturated heterocycles. The monoisotopic (exact) mass is 469 g/mol. The van der Waals surface area contributed by atoms with Crippen LogP contribution in [0.15, 0.2) is 78.9 Å². The van der Waals surface area contributed by atoms with Gasteiger partial charge in [0.15, 0.2) is 5.78 Å². The number of rotatable bonds is 8. The number of amides is 2. The Kier molecular flexibility index (Phi) is 8.17. The lowest BCUT2D eigenvalue weighted by Crippen LogP contribution is -2.29.